The van der Waals surface area contributed by atoms with Crippen molar-refractivity contribution < 1.29 is 0 Å². The van der Waals surface area contributed by atoms with E-state index in [0.717, 1.165) is 33.2 Å². The summed E-state index contributed by atoms with van der Waals surface area (Å²) in [6.07, 6.45) is 0. The number of nitrogens with zero attached hydrogens (tertiary/aromatic N) is 4. The van der Waals surface area contributed by atoms with Crippen molar-refractivity contribution in [2.24, 2.45) is 0 Å². The fraction of sp³-hybridized carbons (Fsp3) is 0.692. The van der Waals surface area contributed by atoms with Crippen molar-refractivity contribution in [2.45, 2.75) is 233 Å². The summed E-state index contributed by atoms with van der Waals surface area (Å²) >= 11 is 1.24. The zero-order chi connectivity index (χ0) is 46.7. The molecule has 3 rings (SSSR count). The van der Waals surface area contributed by atoms with Crippen LogP contribution in [0.2, 0.25) is 66.5 Å². The number of aromatic nitrogens is 4. The summed E-state index contributed by atoms with van der Waals surface area (Å²) in [5.41, 5.74) is 27.8. The lowest BCUT2D eigenvalue weighted by Gasteiger charge is -2.38. The summed E-state index contributed by atoms with van der Waals surface area (Å²) in [6.45, 7) is 56.9. The highest BCUT2D eigenvalue weighted by molar-refractivity contribution is 7.00. The van der Waals surface area contributed by atoms with Crippen molar-refractivity contribution in [1.82, 2.24) is 18.7 Å². The van der Waals surface area contributed by atoms with E-state index in [9.17, 15) is 0 Å². The average molecular weight is 910 g/mol. The van der Waals surface area contributed by atoms with E-state index in [1.807, 2.05) is 0 Å². The quantitative estimate of drug-likeness (QED) is 0.134. The number of rotatable bonds is 12. The van der Waals surface area contributed by atoms with Crippen LogP contribution in [0.15, 0.2) is 0 Å². The first-order valence-electron chi connectivity index (χ1n) is 23.8. The first kappa shape index (κ1) is 52.8. The van der Waals surface area contributed by atoms with E-state index in [2.05, 4.69) is 212 Å². The second kappa shape index (κ2) is 20.5. The second-order valence-electron chi connectivity index (χ2n) is 21.9. The SMILES string of the molecule is CC(C)[Si](C#Cc1nc2c(C#C[Si](C(C)C)(C(C)C)C(C)C)c3nsnc3c(C#C[Si](C(C)C)(C(C)C)C(C)C)c2nc1C#C[Si](C(C)C)(C(C)C)C(C)C)(C(C)C)C(C)C. The van der Waals surface area contributed by atoms with E-state index in [1.165, 1.54) is 11.7 Å². The molecule has 0 saturated heterocycles. The Labute approximate surface area is 383 Å². The summed E-state index contributed by atoms with van der Waals surface area (Å²) in [5.74, 6) is 15.2. The third kappa shape index (κ3) is 9.64. The minimum Gasteiger partial charge on any atom is -0.233 e. The van der Waals surface area contributed by atoms with Gasteiger partial charge in [0, 0.05) is 0 Å². The van der Waals surface area contributed by atoms with Gasteiger partial charge in [0.15, 0.2) is 0 Å². The molecular weight excluding hydrogens is 825 g/mol. The van der Waals surface area contributed by atoms with Gasteiger partial charge in [0.25, 0.3) is 0 Å². The molecule has 0 unspecified atom stereocenters. The second-order valence-corrected chi connectivity index (χ2v) is 44.8. The minimum atomic E-state index is -2.14. The summed E-state index contributed by atoms with van der Waals surface area (Å²) < 4.78 is 10.0. The summed E-state index contributed by atoms with van der Waals surface area (Å²) in [7, 11) is -8.57. The van der Waals surface area contributed by atoms with Gasteiger partial charge < -0.3 is 0 Å². The highest BCUT2D eigenvalue weighted by atomic mass is 32.1. The lowest BCUT2D eigenvalue weighted by Crippen LogP contribution is -2.43. The third-order valence-electron chi connectivity index (χ3n) is 15.4. The van der Waals surface area contributed by atoms with Crippen LogP contribution in [-0.2, 0) is 0 Å². The van der Waals surface area contributed by atoms with Gasteiger partial charge in [0.1, 0.15) is 65.8 Å². The van der Waals surface area contributed by atoms with Gasteiger partial charge in [0.05, 0.1) is 22.9 Å². The summed E-state index contributed by atoms with van der Waals surface area (Å²) in [6, 6.07) is 0. The molecule has 0 aliphatic carbocycles. The van der Waals surface area contributed by atoms with Crippen molar-refractivity contribution >= 4 is 66.1 Å². The van der Waals surface area contributed by atoms with Crippen molar-refractivity contribution in [3.05, 3.63) is 22.5 Å². The minimum absolute atomic E-state index is 0.475. The van der Waals surface area contributed by atoms with Gasteiger partial charge in [-0.3, -0.25) is 0 Å². The maximum atomic E-state index is 5.66. The highest BCUT2D eigenvalue weighted by Crippen LogP contribution is 2.45. The number of fused-ring (bicyclic) bond motifs is 2. The molecule has 1 aromatic carbocycles. The third-order valence-corrected chi connectivity index (χ3v) is 41.1. The monoisotopic (exact) mass is 909 g/mol. The van der Waals surface area contributed by atoms with Gasteiger partial charge in [-0.2, -0.15) is 8.75 Å². The van der Waals surface area contributed by atoms with Crippen LogP contribution in [0.1, 0.15) is 189 Å². The smallest absolute Gasteiger partial charge is 0.147 e. The summed E-state index contributed by atoms with van der Waals surface area (Å²) in [5, 5.41) is 0. The molecule has 2 heterocycles. The van der Waals surface area contributed by atoms with Crippen LogP contribution < -0.4 is 0 Å². The lowest BCUT2D eigenvalue weighted by atomic mass is 10.0. The van der Waals surface area contributed by atoms with Crippen molar-refractivity contribution in [1.29, 1.82) is 0 Å². The molecule has 0 fully saturated rings. The molecule has 0 spiro atoms. The van der Waals surface area contributed by atoms with Crippen molar-refractivity contribution in [3.8, 4) is 45.9 Å². The predicted octanol–water partition coefficient (Wildman–Crippen LogP) is 15.9. The zero-order valence-electron chi connectivity index (χ0n) is 43.1. The van der Waals surface area contributed by atoms with Gasteiger partial charge in [0.2, 0.25) is 0 Å². The van der Waals surface area contributed by atoms with Crippen molar-refractivity contribution in [3.63, 3.8) is 0 Å². The van der Waals surface area contributed by atoms with Gasteiger partial charge >= 0.3 is 0 Å². The molecular formula is C52H84N4SSi4. The van der Waals surface area contributed by atoms with Crippen LogP contribution in [0, 0.1) is 45.9 Å². The Balaban J connectivity index is 2.88. The van der Waals surface area contributed by atoms with Gasteiger partial charge in [-0.15, -0.1) is 22.2 Å². The molecule has 9 heteroatoms. The molecule has 61 heavy (non-hydrogen) atoms. The van der Waals surface area contributed by atoms with Crippen LogP contribution in [-0.4, -0.2) is 51.0 Å². The Morgan fingerprint density at radius 3 is 0.689 bits per heavy atom. The standard InChI is InChI=1S/C52H84N4SSi4/c1-33(2)58(34(3)4,35(5)6)29-25-45-49-50(46(52-51(45)55-57-56-52)26-30-59(36(7)8,37(9)10)38(11)12)54-48(28-32-61(42(19)20,43(21)22)44(23)24)47(53-49)27-31-60(39(13)14,40(15)16)41(17)18/h33-44H,1-24H3. The molecule has 0 radical (unpaired) electrons. The maximum Gasteiger partial charge on any atom is 0.147 e. The van der Waals surface area contributed by atoms with E-state index in [0.29, 0.717) is 77.9 Å². The molecule has 334 valence electrons. The Kier molecular flexibility index (Phi) is 17.8. The lowest BCUT2D eigenvalue weighted by molar-refractivity contribution is 0.838. The zero-order valence-corrected chi connectivity index (χ0v) is 47.9. The van der Waals surface area contributed by atoms with E-state index in [1.54, 1.807) is 0 Å². The topological polar surface area (TPSA) is 51.6 Å². The molecule has 0 atom stereocenters. The molecule has 0 saturated carbocycles. The van der Waals surface area contributed by atoms with Gasteiger partial charge in [-0.25, -0.2) is 9.97 Å². The normalized spacial score (nSPS) is 13.2. The Hall–Kier alpha value is -2.51. The number of hydrogen-bond acceptors (Lipinski definition) is 5. The number of hydrogen-bond donors (Lipinski definition) is 0. The fourth-order valence-electron chi connectivity index (χ4n) is 12.3. The Bertz CT molecular complexity index is 2020. The largest absolute Gasteiger partial charge is 0.233 e. The van der Waals surface area contributed by atoms with Crippen LogP contribution in [0.4, 0.5) is 0 Å². The number of benzene rings is 1. The van der Waals surface area contributed by atoms with Crippen LogP contribution in [0.25, 0.3) is 22.1 Å². The highest BCUT2D eigenvalue weighted by Gasteiger charge is 2.45. The molecule has 0 amide bonds. The fourth-order valence-corrected chi connectivity index (χ4v) is 33.7. The van der Waals surface area contributed by atoms with E-state index >= 15 is 0 Å². The van der Waals surface area contributed by atoms with E-state index in [-0.39, 0.29) is 0 Å². The molecule has 0 N–H and O–H groups in total. The summed E-state index contributed by atoms with van der Waals surface area (Å²) in [4.78, 5) is 11.3. The molecule has 2 aromatic heterocycles. The van der Waals surface area contributed by atoms with Crippen LogP contribution in [0.3, 0.4) is 0 Å². The van der Waals surface area contributed by atoms with Gasteiger partial charge in [-0.1, -0.05) is 190 Å². The van der Waals surface area contributed by atoms with E-state index in [4.69, 9.17) is 18.7 Å². The molecule has 0 bridgehead atoms. The molecule has 4 nitrogen and oxygen atoms in total. The predicted molar refractivity (Wildman–Crippen MR) is 282 cm³/mol. The Morgan fingerprint density at radius 2 is 0.492 bits per heavy atom. The Morgan fingerprint density at radius 1 is 0.295 bits per heavy atom. The van der Waals surface area contributed by atoms with E-state index < -0.39 is 32.3 Å². The van der Waals surface area contributed by atoms with Gasteiger partial charge in [-0.05, 0) is 66.5 Å². The first-order valence-corrected chi connectivity index (χ1v) is 33.4. The molecule has 3 aromatic rings. The molecule has 0 aliphatic heterocycles. The molecule has 0 aliphatic rings. The van der Waals surface area contributed by atoms with Crippen LogP contribution >= 0.6 is 11.7 Å². The average Bonchev–Trinajstić information content (AvgIpc) is 3.61. The van der Waals surface area contributed by atoms with Crippen molar-refractivity contribution in [2.75, 3.05) is 0 Å². The first-order chi connectivity index (χ1) is 28.2. The van der Waals surface area contributed by atoms with Crippen LogP contribution in [0.5, 0.6) is 0 Å². The maximum absolute atomic E-state index is 5.66.